The molecule has 0 aliphatic heterocycles. The van der Waals surface area contributed by atoms with E-state index in [2.05, 4.69) is 5.32 Å². The first-order chi connectivity index (χ1) is 9.36. The van der Waals surface area contributed by atoms with Crippen LogP contribution in [0.1, 0.15) is 44.2 Å². The molecule has 1 aliphatic carbocycles. The van der Waals surface area contributed by atoms with Crippen LogP contribution in [0.2, 0.25) is 5.02 Å². The highest BCUT2D eigenvalue weighted by Crippen LogP contribution is 2.37. The van der Waals surface area contributed by atoms with E-state index < -0.39 is 12.1 Å². The Labute approximate surface area is 122 Å². The molecule has 0 amide bonds. The molecular formula is C15H19ClF3N. The SMILES string of the molecule is CC(NC1CCC(C(F)(F)F)CC1)c1ccc(Cl)cc1. The molecule has 0 spiro atoms. The van der Waals surface area contributed by atoms with E-state index in [1.807, 2.05) is 31.2 Å². The predicted molar refractivity (Wildman–Crippen MR) is 74.8 cm³/mol. The fourth-order valence-corrected chi connectivity index (χ4v) is 2.91. The number of halogens is 4. The molecule has 0 saturated heterocycles. The monoisotopic (exact) mass is 305 g/mol. The molecule has 1 nitrogen and oxygen atoms in total. The topological polar surface area (TPSA) is 12.0 Å². The maximum absolute atomic E-state index is 12.6. The van der Waals surface area contributed by atoms with Crippen molar-refractivity contribution in [3.05, 3.63) is 34.9 Å². The van der Waals surface area contributed by atoms with Crippen molar-refractivity contribution in [3.63, 3.8) is 0 Å². The van der Waals surface area contributed by atoms with Crippen molar-refractivity contribution in [2.45, 2.75) is 50.9 Å². The summed E-state index contributed by atoms with van der Waals surface area (Å²) in [4.78, 5) is 0. The number of nitrogens with one attached hydrogen (secondary N) is 1. The molecule has 0 heterocycles. The van der Waals surface area contributed by atoms with Crippen molar-refractivity contribution in [1.29, 1.82) is 0 Å². The van der Waals surface area contributed by atoms with Gasteiger partial charge in [-0.2, -0.15) is 13.2 Å². The molecule has 1 saturated carbocycles. The van der Waals surface area contributed by atoms with Gasteiger partial charge in [0.2, 0.25) is 0 Å². The zero-order valence-corrected chi connectivity index (χ0v) is 12.1. The second-order valence-electron chi connectivity index (χ2n) is 5.53. The number of rotatable bonds is 3. The maximum Gasteiger partial charge on any atom is 0.391 e. The summed E-state index contributed by atoms with van der Waals surface area (Å²) >= 11 is 5.84. The molecule has 1 atom stereocenters. The van der Waals surface area contributed by atoms with Crippen molar-refractivity contribution >= 4 is 11.6 Å². The number of alkyl halides is 3. The molecular weight excluding hydrogens is 287 g/mol. The Bertz CT molecular complexity index is 422. The lowest BCUT2D eigenvalue weighted by Crippen LogP contribution is -2.38. The zero-order valence-electron chi connectivity index (χ0n) is 11.4. The van der Waals surface area contributed by atoms with Crippen molar-refractivity contribution in [3.8, 4) is 0 Å². The summed E-state index contributed by atoms with van der Waals surface area (Å²) < 4.78 is 37.8. The smallest absolute Gasteiger partial charge is 0.307 e. The molecule has 5 heteroatoms. The van der Waals surface area contributed by atoms with Crippen molar-refractivity contribution < 1.29 is 13.2 Å². The molecule has 0 radical (unpaired) electrons. The molecule has 1 aromatic carbocycles. The van der Waals surface area contributed by atoms with Crippen LogP contribution in [0.15, 0.2) is 24.3 Å². The first-order valence-corrected chi connectivity index (χ1v) is 7.32. The van der Waals surface area contributed by atoms with E-state index in [-0.39, 0.29) is 24.9 Å². The van der Waals surface area contributed by atoms with Crippen LogP contribution in [-0.2, 0) is 0 Å². The van der Waals surface area contributed by atoms with Crippen molar-refractivity contribution in [2.75, 3.05) is 0 Å². The molecule has 20 heavy (non-hydrogen) atoms. The molecule has 1 unspecified atom stereocenters. The molecule has 0 bridgehead atoms. The number of benzene rings is 1. The Hall–Kier alpha value is -0.740. The van der Waals surface area contributed by atoms with E-state index in [1.54, 1.807) is 0 Å². The largest absolute Gasteiger partial charge is 0.391 e. The van der Waals surface area contributed by atoms with Crippen LogP contribution in [0.25, 0.3) is 0 Å². The molecule has 1 aromatic rings. The Morgan fingerprint density at radius 2 is 1.65 bits per heavy atom. The summed E-state index contributed by atoms with van der Waals surface area (Å²) in [6, 6.07) is 7.84. The quantitative estimate of drug-likeness (QED) is 0.818. The first-order valence-electron chi connectivity index (χ1n) is 6.94. The van der Waals surface area contributed by atoms with Crippen LogP contribution < -0.4 is 5.32 Å². The lowest BCUT2D eigenvalue weighted by Gasteiger charge is -2.32. The van der Waals surface area contributed by atoms with E-state index >= 15 is 0 Å². The van der Waals surface area contributed by atoms with Crippen LogP contribution >= 0.6 is 11.6 Å². The van der Waals surface area contributed by atoms with Gasteiger partial charge in [-0.25, -0.2) is 0 Å². The van der Waals surface area contributed by atoms with E-state index in [0.29, 0.717) is 17.9 Å². The van der Waals surface area contributed by atoms with Gasteiger partial charge in [0.05, 0.1) is 5.92 Å². The second-order valence-corrected chi connectivity index (χ2v) is 5.97. The van der Waals surface area contributed by atoms with Crippen molar-refractivity contribution in [1.82, 2.24) is 5.32 Å². The Kier molecular flexibility index (Phi) is 4.97. The second kappa shape index (κ2) is 6.35. The average Bonchev–Trinajstić information content (AvgIpc) is 2.39. The number of hydrogen-bond donors (Lipinski definition) is 1. The molecule has 1 fully saturated rings. The molecule has 1 aliphatic rings. The van der Waals surface area contributed by atoms with Crippen LogP contribution in [0.3, 0.4) is 0 Å². The average molecular weight is 306 g/mol. The van der Waals surface area contributed by atoms with Gasteiger partial charge in [-0.3, -0.25) is 0 Å². The summed E-state index contributed by atoms with van der Waals surface area (Å²) in [5, 5.41) is 4.10. The van der Waals surface area contributed by atoms with Gasteiger partial charge in [0.25, 0.3) is 0 Å². The van der Waals surface area contributed by atoms with E-state index in [0.717, 1.165) is 5.56 Å². The minimum atomic E-state index is -4.03. The summed E-state index contributed by atoms with van der Waals surface area (Å²) in [5.74, 6) is -1.12. The number of hydrogen-bond acceptors (Lipinski definition) is 1. The van der Waals surface area contributed by atoms with E-state index in [4.69, 9.17) is 11.6 Å². The Morgan fingerprint density at radius 3 is 2.15 bits per heavy atom. The predicted octanol–water partition coefficient (Wildman–Crippen LogP) is 5.11. The van der Waals surface area contributed by atoms with Crippen LogP contribution in [0, 0.1) is 5.92 Å². The molecule has 1 N–H and O–H groups in total. The van der Waals surface area contributed by atoms with Crippen LogP contribution in [0.4, 0.5) is 13.2 Å². The van der Waals surface area contributed by atoms with Gasteiger partial charge in [-0.1, -0.05) is 23.7 Å². The van der Waals surface area contributed by atoms with Gasteiger partial charge in [0.15, 0.2) is 0 Å². The highest BCUT2D eigenvalue weighted by atomic mass is 35.5. The molecule has 112 valence electrons. The minimum Gasteiger partial charge on any atom is -0.307 e. The normalized spacial score (nSPS) is 25.4. The fraction of sp³-hybridized carbons (Fsp3) is 0.600. The van der Waals surface area contributed by atoms with Crippen molar-refractivity contribution in [2.24, 2.45) is 5.92 Å². The summed E-state index contributed by atoms with van der Waals surface area (Å²) in [6.45, 7) is 2.03. The highest BCUT2D eigenvalue weighted by molar-refractivity contribution is 6.30. The Balaban J connectivity index is 1.85. The minimum absolute atomic E-state index is 0.125. The highest BCUT2D eigenvalue weighted by Gasteiger charge is 2.41. The standard InChI is InChI=1S/C15H19ClF3N/c1-10(11-2-6-13(16)7-3-11)20-14-8-4-12(5-9-14)15(17,18)19/h2-3,6-7,10,12,14,20H,4-5,8-9H2,1H3. The Morgan fingerprint density at radius 1 is 1.10 bits per heavy atom. The summed E-state index contributed by atoms with van der Waals surface area (Å²) in [6.07, 6.45) is -2.40. The molecule has 0 aromatic heterocycles. The fourth-order valence-electron chi connectivity index (χ4n) is 2.79. The zero-order chi connectivity index (χ0) is 14.8. The van der Waals surface area contributed by atoms with Crippen LogP contribution in [-0.4, -0.2) is 12.2 Å². The summed E-state index contributed by atoms with van der Waals surface area (Å²) in [7, 11) is 0. The third-order valence-electron chi connectivity index (χ3n) is 4.05. The van der Waals surface area contributed by atoms with E-state index in [9.17, 15) is 13.2 Å². The lowest BCUT2D eigenvalue weighted by atomic mass is 9.85. The summed E-state index contributed by atoms with van der Waals surface area (Å²) in [5.41, 5.74) is 1.10. The van der Waals surface area contributed by atoms with Gasteiger partial charge < -0.3 is 5.32 Å². The van der Waals surface area contributed by atoms with Crippen LogP contribution in [0.5, 0.6) is 0 Å². The third-order valence-corrected chi connectivity index (χ3v) is 4.30. The maximum atomic E-state index is 12.6. The lowest BCUT2D eigenvalue weighted by molar-refractivity contribution is -0.182. The van der Waals surface area contributed by atoms with Gasteiger partial charge in [-0.05, 0) is 50.3 Å². The van der Waals surface area contributed by atoms with E-state index in [1.165, 1.54) is 0 Å². The van der Waals surface area contributed by atoms with Gasteiger partial charge in [-0.15, -0.1) is 0 Å². The third kappa shape index (κ3) is 4.13. The van der Waals surface area contributed by atoms with Gasteiger partial charge in [0.1, 0.15) is 0 Å². The first kappa shape index (κ1) is 15.6. The van der Waals surface area contributed by atoms with Gasteiger partial charge in [0, 0.05) is 17.1 Å². The molecule has 2 rings (SSSR count). The van der Waals surface area contributed by atoms with Gasteiger partial charge >= 0.3 is 6.18 Å².